The molecule has 1 aliphatic rings. The van der Waals surface area contributed by atoms with E-state index in [4.69, 9.17) is 16.2 Å². The van der Waals surface area contributed by atoms with Gasteiger partial charge >= 0.3 is 0 Å². The Morgan fingerprint density at radius 1 is 1.28 bits per heavy atom. The van der Waals surface area contributed by atoms with Crippen molar-refractivity contribution in [1.29, 1.82) is 0 Å². The highest BCUT2D eigenvalue weighted by Crippen LogP contribution is 2.32. The number of aromatic nitrogens is 4. The van der Waals surface area contributed by atoms with Gasteiger partial charge in [0.2, 0.25) is 0 Å². The highest BCUT2D eigenvalue weighted by molar-refractivity contribution is 5.81. The van der Waals surface area contributed by atoms with Crippen LogP contribution < -0.4 is 11.5 Å². The van der Waals surface area contributed by atoms with Crippen LogP contribution in [0.3, 0.4) is 0 Å². The van der Waals surface area contributed by atoms with Crippen molar-refractivity contribution >= 4 is 17.0 Å². The molecule has 25 heavy (non-hydrogen) atoms. The molecule has 1 saturated heterocycles. The fraction of sp³-hybridized carbons (Fsp3) is 0.533. The lowest BCUT2D eigenvalue weighted by molar-refractivity contribution is -0.0414. The van der Waals surface area contributed by atoms with Gasteiger partial charge in [-0.2, -0.15) is 0 Å². The largest absolute Gasteiger partial charge is 0.387 e. The third-order valence-electron chi connectivity index (χ3n) is 4.21. The van der Waals surface area contributed by atoms with E-state index < -0.39 is 24.5 Å². The van der Waals surface area contributed by atoms with E-state index in [0.29, 0.717) is 30.8 Å². The van der Waals surface area contributed by atoms with Crippen molar-refractivity contribution in [3.05, 3.63) is 24.8 Å². The summed E-state index contributed by atoms with van der Waals surface area (Å²) in [5, 5.41) is 20.8. The maximum atomic E-state index is 10.4. The van der Waals surface area contributed by atoms with Crippen LogP contribution in [0.25, 0.3) is 11.2 Å². The third kappa shape index (κ3) is 3.48. The fourth-order valence-electron chi connectivity index (χ4n) is 2.90. The number of nitrogen functional groups attached to an aromatic ring is 1. The molecular formula is C15H23N7O3. The van der Waals surface area contributed by atoms with Gasteiger partial charge in [-0.3, -0.25) is 4.57 Å². The molecule has 3 rings (SSSR count). The minimum absolute atomic E-state index is 0.250. The van der Waals surface area contributed by atoms with Crippen LogP contribution in [0.1, 0.15) is 6.23 Å². The fourth-order valence-corrected chi connectivity index (χ4v) is 2.90. The first-order chi connectivity index (χ1) is 12.0. The number of imidazole rings is 1. The van der Waals surface area contributed by atoms with Crippen molar-refractivity contribution in [1.82, 2.24) is 24.4 Å². The molecule has 2 aromatic heterocycles. The van der Waals surface area contributed by atoms with E-state index in [1.807, 2.05) is 24.1 Å². The van der Waals surface area contributed by atoms with Crippen LogP contribution in [0.5, 0.6) is 0 Å². The monoisotopic (exact) mass is 349 g/mol. The Labute approximate surface area is 144 Å². The Hall–Kier alpha value is -2.11. The number of rotatable bonds is 6. The molecule has 3 heterocycles. The summed E-state index contributed by atoms with van der Waals surface area (Å²) in [7, 11) is 1.90. The lowest BCUT2D eigenvalue weighted by Crippen LogP contribution is -2.38. The molecule has 0 amide bonds. The van der Waals surface area contributed by atoms with Crippen molar-refractivity contribution in [2.24, 2.45) is 5.73 Å². The first-order valence-electron chi connectivity index (χ1n) is 8.01. The van der Waals surface area contributed by atoms with Crippen LogP contribution in [0.2, 0.25) is 0 Å². The Kier molecular flexibility index (Phi) is 5.25. The van der Waals surface area contributed by atoms with Gasteiger partial charge < -0.3 is 31.3 Å². The quantitative estimate of drug-likeness (QED) is 0.456. The molecule has 0 spiro atoms. The second-order valence-electron chi connectivity index (χ2n) is 6.06. The molecule has 136 valence electrons. The van der Waals surface area contributed by atoms with E-state index in [9.17, 15) is 10.2 Å². The summed E-state index contributed by atoms with van der Waals surface area (Å²) in [6.45, 7) is 1.60. The van der Waals surface area contributed by atoms with Crippen molar-refractivity contribution in [2.75, 3.05) is 32.4 Å². The number of likely N-dealkylation sites (N-methyl/N-ethyl adjacent to an activating group) is 1. The van der Waals surface area contributed by atoms with Gasteiger partial charge in [-0.05, 0) is 7.05 Å². The first-order valence-corrected chi connectivity index (χ1v) is 8.01. The van der Waals surface area contributed by atoms with Crippen molar-refractivity contribution in [2.45, 2.75) is 24.5 Å². The Balaban J connectivity index is 1.75. The van der Waals surface area contributed by atoms with Crippen LogP contribution in [-0.2, 0) is 4.74 Å². The molecule has 0 radical (unpaired) electrons. The Morgan fingerprint density at radius 3 is 2.84 bits per heavy atom. The number of fused-ring (bicyclic) bond motifs is 1. The Morgan fingerprint density at radius 2 is 2.08 bits per heavy atom. The predicted molar refractivity (Wildman–Crippen MR) is 91.4 cm³/mol. The molecule has 0 aromatic carbocycles. The van der Waals surface area contributed by atoms with Gasteiger partial charge in [0, 0.05) is 19.6 Å². The van der Waals surface area contributed by atoms with Crippen molar-refractivity contribution < 1.29 is 14.9 Å². The average molecular weight is 349 g/mol. The number of nitrogens with two attached hydrogens (primary N) is 2. The number of anilines is 1. The summed E-state index contributed by atoms with van der Waals surface area (Å²) in [6, 6.07) is 0. The minimum atomic E-state index is -1.11. The van der Waals surface area contributed by atoms with Crippen LogP contribution in [0, 0.1) is 0 Å². The van der Waals surface area contributed by atoms with Gasteiger partial charge in [-0.15, -0.1) is 0 Å². The van der Waals surface area contributed by atoms with E-state index >= 15 is 0 Å². The standard InChI is InChI=1S/C15H23N7O3/c1-21(5-3-2-4-16)6-9-11(23)12(24)15(25-9)22-8-20-10-13(17)18-7-19-14(10)22/h2-3,7-9,11-12,15,23-24H,4-6,16H2,1H3,(H2,17,18,19)/b3-2-/t9-,11?,12?,15-/m1/s1. The Bertz CT molecular complexity index is 750. The van der Waals surface area contributed by atoms with Gasteiger partial charge in [0.1, 0.15) is 30.2 Å². The maximum Gasteiger partial charge on any atom is 0.167 e. The molecule has 2 aromatic rings. The maximum absolute atomic E-state index is 10.4. The molecule has 0 saturated carbocycles. The highest BCUT2D eigenvalue weighted by Gasteiger charge is 2.44. The number of ether oxygens (including phenoxy) is 1. The van der Waals surface area contributed by atoms with E-state index in [-0.39, 0.29) is 5.82 Å². The number of aliphatic hydroxyl groups excluding tert-OH is 2. The second-order valence-corrected chi connectivity index (χ2v) is 6.06. The van der Waals surface area contributed by atoms with Gasteiger partial charge in [-0.1, -0.05) is 12.2 Å². The van der Waals surface area contributed by atoms with Crippen LogP contribution in [0.4, 0.5) is 5.82 Å². The van der Waals surface area contributed by atoms with Gasteiger partial charge in [0.25, 0.3) is 0 Å². The summed E-state index contributed by atoms with van der Waals surface area (Å²) >= 11 is 0. The molecular weight excluding hydrogens is 326 g/mol. The molecule has 6 N–H and O–H groups in total. The summed E-state index contributed by atoms with van der Waals surface area (Å²) in [6.07, 6.45) is 3.13. The molecule has 1 aliphatic heterocycles. The van der Waals surface area contributed by atoms with Gasteiger partial charge in [0.05, 0.1) is 6.33 Å². The number of hydrogen-bond acceptors (Lipinski definition) is 9. The second kappa shape index (κ2) is 7.42. The average Bonchev–Trinajstić information content (AvgIpc) is 3.13. The topological polar surface area (TPSA) is 149 Å². The summed E-state index contributed by atoms with van der Waals surface area (Å²) in [5.41, 5.74) is 12.1. The SMILES string of the molecule is CN(C/C=C\CN)C[C@H]1O[C@@H](n2cnc3c(N)ncnc32)C(O)C1O. The zero-order chi connectivity index (χ0) is 18.0. The first kappa shape index (κ1) is 17.7. The normalized spacial score (nSPS) is 27.1. The molecule has 4 atom stereocenters. The van der Waals surface area contributed by atoms with Crippen LogP contribution >= 0.6 is 0 Å². The molecule has 10 heteroatoms. The molecule has 2 unspecified atom stereocenters. The van der Waals surface area contributed by atoms with Crippen LogP contribution in [0.15, 0.2) is 24.8 Å². The molecule has 0 bridgehead atoms. The van der Waals surface area contributed by atoms with E-state index in [2.05, 4.69) is 15.0 Å². The third-order valence-corrected chi connectivity index (χ3v) is 4.21. The van der Waals surface area contributed by atoms with Crippen molar-refractivity contribution in [3.63, 3.8) is 0 Å². The summed E-state index contributed by atoms with van der Waals surface area (Å²) < 4.78 is 7.45. The molecule has 0 aliphatic carbocycles. The van der Waals surface area contributed by atoms with Crippen molar-refractivity contribution in [3.8, 4) is 0 Å². The number of nitrogens with zero attached hydrogens (tertiary/aromatic N) is 5. The van der Waals surface area contributed by atoms with E-state index in [0.717, 1.165) is 0 Å². The molecule has 1 fully saturated rings. The summed E-state index contributed by atoms with van der Waals surface area (Å²) in [5.74, 6) is 0.250. The zero-order valence-electron chi connectivity index (χ0n) is 13.9. The minimum Gasteiger partial charge on any atom is -0.387 e. The zero-order valence-corrected chi connectivity index (χ0v) is 13.9. The summed E-state index contributed by atoms with van der Waals surface area (Å²) in [4.78, 5) is 14.2. The lowest BCUT2D eigenvalue weighted by Gasteiger charge is -2.21. The lowest BCUT2D eigenvalue weighted by atomic mass is 10.1. The smallest absolute Gasteiger partial charge is 0.167 e. The number of hydrogen-bond donors (Lipinski definition) is 4. The van der Waals surface area contributed by atoms with Gasteiger partial charge in [-0.25, -0.2) is 15.0 Å². The van der Waals surface area contributed by atoms with Crippen LogP contribution in [-0.4, -0.2) is 79.6 Å². The van der Waals surface area contributed by atoms with Gasteiger partial charge in [0.15, 0.2) is 17.7 Å². The molecule has 10 nitrogen and oxygen atoms in total. The highest BCUT2D eigenvalue weighted by atomic mass is 16.6. The predicted octanol–water partition coefficient (Wildman–Crippen LogP) is -1.53. The van der Waals surface area contributed by atoms with E-state index in [1.54, 1.807) is 4.57 Å². The number of aliphatic hydroxyl groups is 2. The van der Waals surface area contributed by atoms with E-state index in [1.165, 1.54) is 12.7 Å².